The maximum atomic E-state index is 6.06. The number of rotatable bonds is 2. The number of halogens is 2. The van der Waals surface area contributed by atoms with Crippen LogP contribution in [0, 0.1) is 0 Å². The van der Waals surface area contributed by atoms with E-state index in [9.17, 15) is 0 Å². The molecule has 0 aliphatic rings. The zero-order valence-electron chi connectivity index (χ0n) is 11.2. The third kappa shape index (κ3) is 2.43. The third-order valence-electron chi connectivity index (χ3n) is 3.30. The van der Waals surface area contributed by atoms with Gasteiger partial charge in [0.05, 0.1) is 5.52 Å². The molecule has 3 nitrogen and oxygen atoms in total. The molecule has 0 radical (unpaired) electrons. The predicted molar refractivity (Wildman–Crippen MR) is 92.0 cm³/mol. The van der Waals surface area contributed by atoms with Crippen molar-refractivity contribution in [3.05, 3.63) is 58.8 Å². The smallest absolute Gasteiger partial charge is 0.128 e. The molecule has 1 N–H and O–H groups in total. The van der Waals surface area contributed by atoms with Crippen molar-refractivity contribution in [2.75, 3.05) is 0 Å². The summed E-state index contributed by atoms with van der Waals surface area (Å²) in [7, 11) is 0. The minimum absolute atomic E-state index is 0.608. The van der Waals surface area contributed by atoms with Gasteiger partial charge in [0.15, 0.2) is 0 Å². The highest BCUT2D eigenvalue weighted by Crippen LogP contribution is 2.35. The predicted octanol–water partition coefficient (Wildman–Crippen LogP) is 5.57. The Morgan fingerprint density at radius 2 is 1.73 bits per heavy atom. The number of hydrogen-bond donors (Lipinski definition) is 1. The first-order valence-corrected chi connectivity index (χ1v) is 8.13. The molecule has 0 aliphatic heterocycles. The standard InChI is InChI=1S/C16H9Cl2N3S/c17-9-5-10(18)7-11(6-9)22-16-15-14(19-8-20-16)12-3-1-2-4-13(12)21-15/h1-8,21H. The molecule has 108 valence electrons. The number of benzene rings is 2. The van der Waals surface area contributed by atoms with Crippen molar-refractivity contribution in [3.8, 4) is 0 Å². The van der Waals surface area contributed by atoms with Crippen molar-refractivity contribution >= 4 is 56.9 Å². The fourth-order valence-corrected chi connectivity index (χ4v) is 4.00. The molecule has 0 spiro atoms. The number of fused-ring (bicyclic) bond motifs is 3. The first-order valence-electron chi connectivity index (χ1n) is 6.56. The van der Waals surface area contributed by atoms with E-state index < -0.39 is 0 Å². The van der Waals surface area contributed by atoms with Gasteiger partial charge in [0, 0.05) is 25.8 Å². The van der Waals surface area contributed by atoms with Gasteiger partial charge in [0.2, 0.25) is 0 Å². The van der Waals surface area contributed by atoms with E-state index in [0.29, 0.717) is 10.0 Å². The Balaban J connectivity index is 1.88. The topological polar surface area (TPSA) is 41.6 Å². The fourth-order valence-electron chi connectivity index (χ4n) is 2.40. The van der Waals surface area contributed by atoms with Crippen LogP contribution in [0.25, 0.3) is 21.9 Å². The van der Waals surface area contributed by atoms with Crippen molar-refractivity contribution in [3.63, 3.8) is 0 Å². The summed E-state index contributed by atoms with van der Waals surface area (Å²) in [5, 5.41) is 3.15. The summed E-state index contributed by atoms with van der Waals surface area (Å²) in [5.74, 6) is 0. The average molecular weight is 346 g/mol. The van der Waals surface area contributed by atoms with E-state index in [1.165, 1.54) is 11.8 Å². The number of aromatic amines is 1. The summed E-state index contributed by atoms with van der Waals surface area (Å²) in [6.07, 6.45) is 1.58. The van der Waals surface area contributed by atoms with Gasteiger partial charge in [-0.15, -0.1) is 0 Å². The van der Waals surface area contributed by atoms with Crippen molar-refractivity contribution in [2.45, 2.75) is 9.92 Å². The highest BCUT2D eigenvalue weighted by Gasteiger charge is 2.11. The van der Waals surface area contributed by atoms with Gasteiger partial charge in [-0.25, -0.2) is 9.97 Å². The quantitative estimate of drug-likeness (QED) is 0.483. The molecule has 0 unspecified atom stereocenters. The van der Waals surface area contributed by atoms with Gasteiger partial charge in [-0.1, -0.05) is 53.2 Å². The van der Waals surface area contributed by atoms with Crippen LogP contribution in [0.5, 0.6) is 0 Å². The number of para-hydroxylation sites is 1. The van der Waals surface area contributed by atoms with Crippen molar-refractivity contribution in [1.82, 2.24) is 15.0 Å². The lowest BCUT2D eigenvalue weighted by Crippen LogP contribution is -1.85. The summed E-state index contributed by atoms with van der Waals surface area (Å²) >= 11 is 13.6. The van der Waals surface area contributed by atoms with E-state index in [1.807, 2.05) is 36.4 Å². The second kappa shape index (κ2) is 5.47. The van der Waals surface area contributed by atoms with Gasteiger partial charge in [-0.05, 0) is 24.3 Å². The van der Waals surface area contributed by atoms with Crippen molar-refractivity contribution in [1.29, 1.82) is 0 Å². The highest BCUT2D eigenvalue weighted by atomic mass is 35.5. The van der Waals surface area contributed by atoms with E-state index in [1.54, 1.807) is 12.4 Å². The van der Waals surface area contributed by atoms with Crippen LogP contribution in [-0.2, 0) is 0 Å². The van der Waals surface area contributed by atoms with E-state index in [-0.39, 0.29) is 0 Å². The van der Waals surface area contributed by atoms with Crippen LogP contribution in [0.2, 0.25) is 10.0 Å². The second-order valence-corrected chi connectivity index (χ2v) is 6.72. The summed E-state index contributed by atoms with van der Waals surface area (Å²) in [5.41, 5.74) is 2.88. The Hall–Kier alpha value is -1.75. The Kier molecular flexibility index (Phi) is 3.45. The lowest BCUT2D eigenvalue weighted by atomic mass is 10.2. The molecule has 2 aromatic carbocycles. The number of nitrogens with zero attached hydrogens (tertiary/aromatic N) is 2. The molecule has 0 fully saturated rings. The van der Waals surface area contributed by atoms with Crippen molar-refractivity contribution < 1.29 is 0 Å². The molecule has 22 heavy (non-hydrogen) atoms. The Morgan fingerprint density at radius 3 is 2.55 bits per heavy atom. The minimum Gasteiger partial charge on any atom is -0.351 e. The zero-order valence-corrected chi connectivity index (χ0v) is 13.5. The van der Waals surface area contributed by atoms with Crippen LogP contribution in [0.15, 0.2) is 58.7 Å². The summed E-state index contributed by atoms with van der Waals surface area (Å²) in [4.78, 5) is 13.1. The van der Waals surface area contributed by atoms with Gasteiger partial charge >= 0.3 is 0 Å². The number of nitrogens with one attached hydrogen (secondary N) is 1. The molecule has 0 saturated heterocycles. The molecule has 2 heterocycles. The van der Waals surface area contributed by atoms with Crippen LogP contribution < -0.4 is 0 Å². The zero-order chi connectivity index (χ0) is 15.1. The maximum absolute atomic E-state index is 6.06. The third-order valence-corrected chi connectivity index (χ3v) is 4.72. The molecular weight excluding hydrogens is 337 g/mol. The summed E-state index contributed by atoms with van der Waals surface area (Å²) in [6.45, 7) is 0. The van der Waals surface area contributed by atoms with Gasteiger partial charge in [-0.2, -0.15) is 0 Å². The second-order valence-electron chi connectivity index (χ2n) is 4.78. The average Bonchev–Trinajstić information content (AvgIpc) is 2.86. The lowest BCUT2D eigenvalue weighted by Gasteiger charge is -2.03. The van der Waals surface area contributed by atoms with Crippen LogP contribution in [0.1, 0.15) is 0 Å². The van der Waals surface area contributed by atoms with E-state index in [2.05, 4.69) is 15.0 Å². The van der Waals surface area contributed by atoms with E-state index in [0.717, 1.165) is 31.9 Å². The molecule has 0 bridgehead atoms. The van der Waals surface area contributed by atoms with E-state index in [4.69, 9.17) is 23.2 Å². The molecule has 0 atom stereocenters. The van der Waals surface area contributed by atoms with Gasteiger partial charge in [0.25, 0.3) is 0 Å². The minimum atomic E-state index is 0.608. The molecule has 0 aliphatic carbocycles. The van der Waals surface area contributed by atoms with Crippen molar-refractivity contribution in [2.24, 2.45) is 0 Å². The maximum Gasteiger partial charge on any atom is 0.128 e. The molecule has 2 aromatic heterocycles. The van der Waals surface area contributed by atoms with Gasteiger partial charge < -0.3 is 4.98 Å². The highest BCUT2D eigenvalue weighted by molar-refractivity contribution is 7.99. The first-order chi connectivity index (χ1) is 10.7. The Labute approximate surface area is 140 Å². The molecular formula is C16H9Cl2N3S. The van der Waals surface area contributed by atoms with Gasteiger partial charge in [-0.3, -0.25) is 0 Å². The molecule has 4 aromatic rings. The summed E-state index contributed by atoms with van der Waals surface area (Å²) in [6, 6.07) is 13.5. The molecule has 6 heteroatoms. The molecule has 4 rings (SSSR count). The molecule has 0 amide bonds. The SMILES string of the molecule is Clc1cc(Cl)cc(Sc2ncnc3c2[nH]c2ccccc23)c1. The lowest BCUT2D eigenvalue weighted by molar-refractivity contribution is 1.09. The van der Waals surface area contributed by atoms with Crippen LogP contribution in [0.3, 0.4) is 0 Å². The van der Waals surface area contributed by atoms with Crippen LogP contribution in [0.4, 0.5) is 0 Å². The Bertz CT molecular complexity index is 977. The number of H-pyrrole nitrogens is 1. The fraction of sp³-hybridized carbons (Fsp3) is 0. The Morgan fingerprint density at radius 1 is 0.955 bits per heavy atom. The van der Waals surface area contributed by atoms with Crippen LogP contribution >= 0.6 is 35.0 Å². The number of hydrogen-bond acceptors (Lipinski definition) is 3. The first kappa shape index (κ1) is 13.9. The normalized spacial score (nSPS) is 11.4. The largest absolute Gasteiger partial charge is 0.351 e. The van der Waals surface area contributed by atoms with Crippen LogP contribution in [-0.4, -0.2) is 15.0 Å². The van der Waals surface area contributed by atoms with E-state index >= 15 is 0 Å². The van der Waals surface area contributed by atoms with Gasteiger partial charge in [0.1, 0.15) is 16.9 Å². The monoisotopic (exact) mass is 345 g/mol. The number of aromatic nitrogens is 3. The summed E-state index contributed by atoms with van der Waals surface area (Å²) < 4.78 is 0. The molecule has 0 saturated carbocycles.